The van der Waals surface area contributed by atoms with E-state index in [1.54, 1.807) is 35.0 Å². The molecule has 0 saturated heterocycles. The van der Waals surface area contributed by atoms with Crippen molar-refractivity contribution in [2.75, 3.05) is 5.32 Å². The van der Waals surface area contributed by atoms with Gasteiger partial charge < -0.3 is 5.32 Å². The predicted molar refractivity (Wildman–Crippen MR) is 65.2 cm³/mol. The van der Waals surface area contributed by atoms with Gasteiger partial charge in [0.2, 0.25) is 5.65 Å². The van der Waals surface area contributed by atoms with Crippen molar-refractivity contribution in [2.45, 2.75) is 6.92 Å². The molecule has 3 rings (SSSR count). The van der Waals surface area contributed by atoms with Crippen molar-refractivity contribution in [3.05, 3.63) is 48.3 Å². The highest BCUT2D eigenvalue weighted by Gasteiger charge is 2.09. The van der Waals surface area contributed by atoms with Crippen molar-refractivity contribution in [2.24, 2.45) is 0 Å². The summed E-state index contributed by atoms with van der Waals surface area (Å²) in [6.07, 6.45) is 3.38. The second kappa shape index (κ2) is 4.06. The number of nitrogens with zero attached hydrogens (tertiary/aromatic N) is 4. The average Bonchev–Trinajstić information content (AvgIpc) is 2.76. The first-order valence-corrected chi connectivity index (χ1v) is 5.43. The fourth-order valence-corrected chi connectivity index (χ4v) is 1.72. The number of nitrogens with one attached hydrogen (secondary N) is 1. The Labute approximate surface area is 102 Å². The van der Waals surface area contributed by atoms with Gasteiger partial charge in [-0.25, -0.2) is 9.37 Å². The molecule has 6 heteroatoms. The summed E-state index contributed by atoms with van der Waals surface area (Å²) in [4.78, 5) is 4.16. The molecule has 0 aliphatic rings. The normalized spacial score (nSPS) is 10.8. The molecule has 0 aliphatic heterocycles. The number of halogens is 1. The molecule has 0 spiro atoms. The Kier molecular flexibility index (Phi) is 2.40. The molecule has 2 aromatic heterocycles. The van der Waals surface area contributed by atoms with Crippen molar-refractivity contribution >= 4 is 17.2 Å². The maximum absolute atomic E-state index is 13.5. The summed E-state index contributed by atoms with van der Waals surface area (Å²) in [5.74, 6) is 0.893. The minimum absolute atomic E-state index is 0.336. The number of hydrogen-bond acceptors (Lipinski definition) is 4. The van der Waals surface area contributed by atoms with Crippen molar-refractivity contribution in [1.29, 1.82) is 0 Å². The van der Waals surface area contributed by atoms with Gasteiger partial charge in [-0.2, -0.15) is 0 Å². The first-order valence-electron chi connectivity index (χ1n) is 5.43. The van der Waals surface area contributed by atoms with Gasteiger partial charge in [-0.15, -0.1) is 10.2 Å². The number of rotatable bonds is 2. The Morgan fingerprint density at radius 1 is 1.22 bits per heavy atom. The van der Waals surface area contributed by atoms with Gasteiger partial charge in [0, 0.05) is 12.4 Å². The lowest BCUT2D eigenvalue weighted by Crippen LogP contribution is -1.99. The van der Waals surface area contributed by atoms with E-state index in [1.807, 2.05) is 6.92 Å². The maximum Gasteiger partial charge on any atom is 0.204 e. The quantitative estimate of drug-likeness (QED) is 0.750. The maximum atomic E-state index is 13.5. The Bertz CT molecular complexity index is 707. The standard InChI is InChI=1S/C12H10FN5/c1-8-16-17-12-11(14-6-7-18(8)12)15-10-5-3-2-4-9(10)13/h2-7H,1H3,(H,14,15). The Hall–Kier alpha value is -2.50. The lowest BCUT2D eigenvalue weighted by Gasteiger charge is -2.06. The second-order valence-electron chi connectivity index (χ2n) is 3.82. The van der Waals surface area contributed by atoms with Crippen molar-refractivity contribution < 1.29 is 4.39 Å². The summed E-state index contributed by atoms with van der Waals surface area (Å²) in [7, 11) is 0. The molecule has 0 amide bonds. The van der Waals surface area contributed by atoms with E-state index in [4.69, 9.17) is 0 Å². The van der Waals surface area contributed by atoms with E-state index in [1.165, 1.54) is 6.07 Å². The van der Waals surface area contributed by atoms with Crippen LogP contribution in [0.3, 0.4) is 0 Å². The molecule has 0 atom stereocenters. The number of para-hydroxylation sites is 1. The molecule has 0 bridgehead atoms. The first kappa shape index (κ1) is 10.6. The summed E-state index contributed by atoms with van der Waals surface area (Å²) >= 11 is 0. The molecule has 3 aromatic rings. The highest BCUT2D eigenvalue weighted by Crippen LogP contribution is 2.20. The Morgan fingerprint density at radius 3 is 2.89 bits per heavy atom. The van der Waals surface area contributed by atoms with Gasteiger partial charge >= 0.3 is 0 Å². The highest BCUT2D eigenvalue weighted by molar-refractivity contribution is 5.69. The van der Waals surface area contributed by atoms with Gasteiger partial charge in [-0.1, -0.05) is 12.1 Å². The molecule has 0 aliphatic carbocycles. The van der Waals surface area contributed by atoms with Crippen molar-refractivity contribution in [1.82, 2.24) is 19.6 Å². The third-order valence-electron chi connectivity index (χ3n) is 2.62. The smallest absolute Gasteiger partial charge is 0.204 e. The molecule has 0 unspecified atom stereocenters. The SMILES string of the molecule is Cc1nnc2c(Nc3ccccc3F)nccn12. The molecule has 2 heterocycles. The number of anilines is 2. The molecule has 90 valence electrons. The molecule has 5 nitrogen and oxygen atoms in total. The van der Waals surface area contributed by atoms with Crippen LogP contribution in [0.1, 0.15) is 5.82 Å². The van der Waals surface area contributed by atoms with E-state index in [2.05, 4.69) is 20.5 Å². The summed E-state index contributed by atoms with van der Waals surface area (Å²) in [6, 6.07) is 6.41. The van der Waals surface area contributed by atoms with E-state index in [9.17, 15) is 4.39 Å². The van der Waals surface area contributed by atoms with Crippen LogP contribution in [0.2, 0.25) is 0 Å². The van der Waals surface area contributed by atoms with E-state index < -0.39 is 0 Å². The summed E-state index contributed by atoms with van der Waals surface area (Å²) in [5.41, 5.74) is 0.928. The van der Waals surface area contributed by atoms with Crippen LogP contribution in [0.5, 0.6) is 0 Å². The van der Waals surface area contributed by atoms with Crippen LogP contribution in [0.4, 0.5) is 15.9 Å². The fourth-order valence-electron chi connectivity index (χ4n) is 1.72. The van der Waals surface area contributed by atoms with Gasteiger partial charge in [0.15, 0.2) is 5.82 Å². The third kappa shape index (κ3) is 1.67. The molecule has 1 aromatic carbocycles. The zero-order chi connectivity index (χ0) is 12.5. The van der Waals surface area contributed by atoms with Crippen LogP contribution in [-0.2, 0) is 0 Å². The third-order valence-corrected chi connectivity index (χ3v) is 2.62. The van der Waals surface area contributed by atoms with Crippen LogP contribution in [0.25, 0.3) is 5.65 Å². The number of fused-ring (bicyclic) bond motifs is 1. The summed E-state index contributed by atoms with van der Waals surface area (Å²) in [6.45, 7) is 1.84. The van der Waals surface area contributed by atoms with E-state index in [0.717, 1.165) is 5.82 Å². The van der Waals surface area contributed by atoms with Crippen molar-refractivity contribution in [3.8, 4) is 0 Å². The summed E-state index contributed by atoms with van der Waals surface area (Å²) < 4.78 is 15.3. The molecular weight excluding hydrogens is 233 g/mol. The minimum Gasteiger partial charge on any atom is -0.335 e. The van der Waals surface area contributed by atoms with Gasteiger partial charge in [-0.3, -0.25) is 4.40 Å². The van der Waals surface area contributed by atoms with E-state index in [0.29, 0.717) is 17.2 Å². The number of aryl methyl sites for hydroxylation is 1. The van der Waals surface area contributed by atoms with Gasteiger partial charge in [0.1, 0.15) is 11.6 Å². The first-order chi connectivity index (χ1) is 8.75. The lowest BCUT2D eigenvalue weighted by atomic mass is 10.3. The largest absolute Gasteiger partial charge is 0.335 e. The predicted octanol–water partition coefficient (Wildman–Crippen LogP) is 2.32. The molecule has 0 saturated carbocycles. The molecule has 0 radical (unpaired) electrons. The molecule has 0 fully saturated rings. The highest BCUT2D eigenvalue weighted by atomic mass is 19.1. The van der Waals surface area contributed by atoms with Crippen LogP contribution < -0.4 is 5.32 Å². The van der Waals surface area contributed by atoms with Gasteiger partial charge in [-0.05, 0) is 19.1 Å². The topological polar surface area (TPSA) is 55.1 Å². The van der Waals surface area contributed by atoms with Crippen LogP contribution >= 0.6 is 0 Å². The molecular formula is C12H10FN5. The molecule has 18 heavy (non-hydrogen) atoms. The monoisotopic (exact) mass is 243 g/mol. The van der Waals surface area contributed by atoms with Crippen molar-refractivity contribution in [3.63, 3.8) is 0 Å². The fraction of sp³-hybridized carbons (Fsp3) is 0.0833. The van der Waals surface area contributed by atoms with Crippen LogP contribution in [0, 0.1) is 12.7 Å². The second-order valence-corrected chi connectivity index (χ2v) is 3.82. The minimum atomic E-state index is -0.336. The number of aromatic nitrogens is 4. The molecule has 1 N–H and O–H groups in total. The summed E-state index contributed by atoms with van der Waals surface area (Å²) in [5, 5.41) is 10.9. The van der Waals surface area contributed by atoms with Gasteiger partial charge in [0.05, 0.1) is 5.69 Å². The Morgan fingerprint density at radius 2 is 2.06 bits per heavy atom. The number of benzene rings is 1. The van der Waals surface area contributed by atoms with E-state index >= 15 is 0 Å². The average molecular weight is 243 g/mol. The Balaban J connectivity index is 2.08. The number of hydrogen-bond donors (Lipinski definition) is 1. The van der Waals surface area contributed by atoms with Gasteiger partial charge in [0.25, 0.3) is 0 Å². The van der Waals surface area contributed by atoms with E-state index in [-0.39, 0.29) is 5.82 Å². The van der Waals surface area contributed by atoms with Crippen LogP contribution in [-0.4, -0.2) is 19.6 Å². The van der Waals surface area contributed by atoms with Crippen LogP contribution in [0.15, 0.2) is 36.7 Å². The zero-order valence-electron chi connectivity index (χ0n) is 9.63. The lowest BCUT2D eigenvalue weighted by molar-refractivity contribution is 0.632. The zero-order valence-corrected chi connectivity index (χ0v) is 9.63.